The molecule has 0 saturated carbocycles. The third-order valence-corrected chi connectivity index (χ3v) is 6.29. The largest absolute Gasteiger partial charge is 0.392 e. The van der Waals surface area contributed by atoms with Crippen molar-refractivity contribution in [3.05, 3.63) is 75.9 Å². The van der Waals surface area contributed by atoms with Crippen molar-refractivity contribution >= 4 is 17.5 Å². The molecule has 2 aromatic carbocycles. The molecule has 0 spiro atoms. The van der Waals surface area contributed by atoms with Gasteiger partial charge in [0.2, 0.25) is 0 Å². The Hall–Kier alpha value is -2.67. The van der Waals surface area contributed by atoms with Crippen molar-refractivity contribution in [2.45, 2.75) is 51.9 Å². The second kappa shape index (κ2) is 9.86. The van der Waals surface area contributed by atoms with Gasteiger partial charge in [0.25, 0.3) is 5.91 Å². The lowest BCUT2D eigenvalue weighted by Crippen LogP contribution is -2.42. The number of fused-ring (bicyclic) bond motifs is 1. The topological polar surface area (TPSA) is 84.4 Å². The number of aliphatic hydroxyl groups is 1. The van der Waals surface area contributed by atoms with Crippen LogP contribution < -0.4 is 5.73 Å². The highest BCUT2D eigenvalue weighted by Gasteiger charge is 2.33. The highest BCUT2D eigenvalue weighted by molar-refractivity contribution is 6.30. The van der Waals surface area contributed by atoms with Gasteiger partial charge in [-0.05, 0) is 41.3 Å². The van der Waals surface area contributed by atoms with E-state index < -0.39 is 0 Å². The van der Waals surface area contributed by atoms with E-state index in [9.17, 15) is 9.90 Å². The zero-order valence-corrected chi connectivity index (χ0v) is 19.1. The van der Waals surface area contributed by atoms with E-state index in [1.807, 2.05) is 46.0 Å². The zero-order chi connectivity index (χ0) is 22.7. The standard InChI is InChI=1S/C25H29ClN4O2/c1-2-3-4-21-15-29(14-18-7-5-17(13-27)6-8-18)25(32)24-12-23(28-30(21)24)22-10-9-20(26)11-19(22)16-31/h5-12,21,31H,2-4,13-16,27H2,1H3. The number of aliphatic hydroxyl groups excluding tert-OH is 1. The van der Waals surface area contributed by atoms with Crippen LogP contribution in [0.3, 0.4) is 0 Å². The number of hydrogen-bond donors (Lipinski definition) is 2. The van der Waals surface area contributed by atoms with Crippen LogP contribution in [-0.2, 0) is 19.7 Å². The molecule has 1 atom stereocenters. The molecule has 0 bridgehead atoms. The van der Waals surface area contributed by atoms with Gasteiger partial charge in [0.15, 0.2) is 0 Å². The summed E-state index contributed by atoms with van der Waals surface area (Å²) in [6.45, 7) is 3.71. The molecule has 4 rings (SSSR count). The summed E-state index contributed by atoms with van der Waals surface area (Å²) in [6, 6.07) is 15.4. The van der Waals surface area contributed by atoms with Crippen molar-refractivity contribution < 1.29 is 9.90 Å². The maximum absolute atomic E-state index is 13.4. The van der Waals surface area contributed by atoms with Crippen molar-refractivity contribution in [1.82, 2.24) is 14.7 Å². The summed E-state index contributed by atoms with van der Waals surface area (Å²) in [4.78, 5) is 15.3. The smallest absolute Gasteiger partial charge is 0.272 e. The molecule has 1 aliphatic rings. The number of aromatic nitrogens is 2. The summed E-state index contributed by atoms with van der Waals surface area (Å²) in [6.07, 6.45) is 3.10. The molecule has 2 heterocycles. The third kappa shape index (κ3) is 4.58. The van der Waals surface area contributed by atoms with Crippen molar-refractivity contribution in [1.29, 1.82) is 0 Å². The van der Waals surface area contributed by atoms with Gasteiger partial charge < -0.3 is 15.7 Å². The molecule has 7 heteroatoms. The Balaban J connectivity index is 1.67. The van der Waals surface area contributed by atoms with Crippen LogP contribution in [0.1, 0.15) is 59.4 Å². The number of halogens is 1. The first-order valence-electron chi connectivity index (χ1n) is 11.1. The van der Waals surface area contributed by atoms with E-state index in [1.54, 1.807) is 12.1 Å². The van der Waals surface area contributed by atoms with Crippen molar-refractivity contribution in [3.8, 4) is 11.3 Å². The summed E-state index contributed by atoms with van der Waals surface area (Å²) in [5.74, 6) is -0.0288. The fourth-order valence-electron chi connectivity index (χ4n) is 4.27. The van der Waals surface area contributed by atoms with Crippen LogP contribution in [0, 0.1) is 0 Å². The lowest BCUT2D eigenvalue weighted by atomic mass is 10.0. The van der Waals surface area contributed by atoms with Gasteiger partial charge in [0.1, 0.15) is 5.69 Å². The van der Waals surface area contributed by atoms with Crippen molar-refractivity contribution in [3.63, 3.8) is 0 Å². The summed E-state index contributed by atoms with van der Waals surface area (Å²) >= 11 is 6.10. The van der Waals surface area contributed by atoms with Crippen LogP contribution in [0.15, 0.2) is 48.5 Å². The molecular weight excluding hydrogens is 424 g/mol. The number of amides is 1. The molecule has 1 amide bonds. The van der Waals surface area contributed by atoms with E-state index in [2.05, 4.69) is 6.92 Å². The van der Waals surface area contributed by atoms with E-state index in [0.717, 1.165) is 36.0 Å². The van der Waals surface area contributed by atoms with E-state index in [0.29, 0.717) is 41.6 Å². The Kier molecular flexibility index (Phi) is 6.94. The maximum Gasteiger partial charge on any atom is 0.272 e. The molecule has 6 nitrogen and oxygen atoms in total. The second-order valence-corrected chi connectivity index (χ2v) is 8.76. The minimum atomic E-state index is -0.143. The molecule has 1 aliphatic heterocycles. The number of carbonyl (C=O) groups is 1. The molecule has 168 valence electrons. The Morgan fingerprint density at radius 2 is 1.91 bits per heavy atom. The molecule has 3 aromatic rings. The minimum Gasteiger partial charge on any atom is -0.392 e. The molecular formula is C25H29ClN4O2. The van der Waals surface area contributed by atoms with Crippen LogP contribution in [-0.4, -0.2) is 32.2 Å². The predicted molar refractivity (Wildman–Crippen MR) is 126 cm³/mol. The number of hydrogen-bond acceptors (Lipinski definition) is 4. The molecule has 0 saturated heterocycles. The lowest BCUT2D eigenvalue weighted by molar-refractivity contribution is 0.0635. The maximum atomic E-state index is 13.4. The first kappa shape index (κ1) is 22.5. The average molecular weight is 453 g/mol. The van der Waals surface area contributed by atoms with E-state index in [1.165, 1.54) is 0 Å². The molecule has 1 unspecified atom stereocenters. The Bertz CT molecular complexity index is 1090. The van der Waals surface area contributed by atoms with Gasteiger partial charge in [0.05, 0.1) is 18.3 Å². The summed E-state index contributed by atoms with van der Waals surface area (Å²) in [7, 11) is 0. The fraction of sp³-hybridized carbons (Fsp3) is 0.360. The lowest BCUT2D eigenvalue weighted by Gasteiger charge is -2.33. The molecule has 3 N–H and O–H groups in total. The van der Waals surface area contributed by atoms with Gasteiger partial charge in [-0.1, -0.05) is 61.7 Å². The normalized spacial score (nSPS) is 15.8. The van der Waals surface area contributed by atoms with Gasteiger partial charge in [-0.3, -0.25) is 9.48 Å². The number of nitrogens with two attached hydrogens (primary N) is 1. The zero-order valence-electron chi connectivity index (χ0n) is 18.3. The van der Waals surface area contributed by atoms with Crippen LogP contribution in [0.5, 0.6) is 0 Å². The highest BCUT2D eigenvalue weighted by Crippen LogP contribution is 2.32. The summed E-state index contributed by atoms with van der Waals surface area (Å²) in [5, 5.41) is 15.2. The quantitative estimate of drug-likeness (QED) is 0.525. The first-order chi connectivity index (χ1) is 15.5. The number of rotatable bonds is 8. The van der Waals surface area contributed by atoms with Crippen LogP contribution in [0.25, 0.3) is 11.3 Å². The average Bonchev–Trinajstić information content (AvgIpc) is 3.26. The van der Waals surface area contributed by atoms with E-state index in [4.69, 9.17) is 22.4 Å². The molecule has 0 fully saturated rings. The Morgan fingerprint density at radius 3 is 2.59 bits per heavy atom. The minimum absolute atomic E-state index is 0.0288. The predicted octanol–water partition coefficient (Wildman–Crippen LogP) is 4.54. The summed E-state index contributed by atoms with van der Waals surface area (Å²) in [5.41, 5.74) is 10.6. The monoisotopic (exact) mass is 452 g/mol. The number of carbonyl (C=O) groups excluding carboxylic acids is 1. The van der Waals surface area contributed by atoms with Gasteiger partial charge in [0, 0.05) is 30.2 Å². The van der Waals surface area contributed by atoms with Crippen molar-refractivity contribution in [2.24, 2.45) is 5.73 Å². The molecule has 1 aromatic heterocycles. The third-order valence-electron chi connectivity index (χ3n) is 6.06. The second-order valence-electron chi connectivity index (χ2n) is 8.32. The van der Waals surface area contributed by atoms with Crippen LogP contribution >= 0.6 is 11.6 Å². The van der Waals surface area contributed by atoms with Gasteiger partial charge in [-0.2, -0.15) is 5.10 Å². The Labute approximate surface area is 193 Å². The number of nitrogens with zero attached hydrogens (tertiary/aromatic N) is 3. The van der Waals surface area contributed by atoms with E-state index >= 15 is 0 Å². The van der Waals surface area contributed by atoms with Crippen molar-refractivity contribution in [2.75, 3.05) is 6.54 Å². The Morgan fingerprint density at radius 1 is 1.16 bits per heavy atom. The molecule has 0 aliphatic carbocycles. The number of unbranched alkanes of at least 4 members (excludes halogenated alkanes) is 1. The summed E-state index contributed by atoms with van der Waals surface area (Å²) < 4.78 is 1.89. The first-order valence-corrected chi connectivity index (χ1v) is 11.5. The van der Waals surface area contributed by atoms with E-state index in [-0.39, 0.29) is 18.6 Å². The SMILES string of the molecule is CCCCC1CN(Cc2ccc(CN)cc2)C(=O)c2cc(-c3ccc(Cl)cc3CO)nn21. The molecule has 0 radical (unpaired) electrons. The number of benzene rings is 2. The van der Waals surface area contributed by atoms with Gasteiger partial charge in [-0.15, -0.1) is 0 Å². The molecule has 32 heavy (non-hydrogen) atoms. The highest BCUT2D eigenvalue weighted by atomic mass is 35.5. The fourth-order valence-corrected chi connectivity index (χ4v) is 4.47. The van der Waals surface area contributed by atoms with Gasteiger partial charge in [-0.25, -0.2) is 0 Å². The van der Waals surface area contributed by atoms with Crippen LogP contribution in [0.2, 0.25) is 5.02 Å². The van der Waals surface area contributed by atoms with Crippen LogP contribution in [0.4, 0.5) is 0 Å². The van der Waals surface area contributed by atoms with Gasteiger partial charge >= 0.3 is 0 Å².